The van der Waals surface area contributed by atoms with Gasteiger partial charge in [0.1, 0.15) is 0 Å². The summed E-state index contributed by atoms with van der Waals surface area (Å²) in [5, 5.41) is 11.9. The second-order valence-electron chi connectivity index (χ2n) is 3.23. The zero-order valence-electron chi connectivity index (χ0n) is 8.86. The van der Waals surface area contributed by atoms with Gasteiger partial charge >= 0.3 is 0 Å². The molecule has 0 radical (unpaired) electrons. The number of halogens is 1. The molecule has 84 valence electrons. The van der Waals surface area contributed by atoms with Crippen LogP contribution >= 0.6 is 11.8 Å². The molecule has 0 saturated carbocycles. The Labute approximate surface area is 104 Å². The predicted molar refractivity (Wildman–Crippen MR) is 67.4 cm³/mol. The van der Waals surface area contributed by atoms with Gasteiger partial charge in [0.2, 0.25) is 0 Å². The first kappa shape index (κ1) is 11.4. The van der Waals surface area contributed by atoms with E-state index in [9.17, 15) is 0 Å². The van der Waals surface area contributed by atoms with Crippen LogP contribution in [0.25, 0.3) is 0 Å². The summed E-state index contributed by atoms with van der Waals surface area (Å²) < 4.78 is 3.17. The minimum Gasteiger partial charge on any atom is -0.151 e. The summed E-state index contributed by atoms with van der Waals surface area (Å²) in [7, 11) is 0. The van der Waals surface area contributed by atoms with Gasteiger partial charge in [-0.3, -0.25) is 0 Å². The molecule has 0 bridgehead atoms. The van der Waals surface area contributed by atoms with Crippen molar-refractivity contribution in [3.8, 4) is 0 Å². The van der Waals surface area contributed by atoms with Crippen LogP contribution in [0.3, 0.4) is 0 Å². The molecule has 0 atom stereocenters. The lowest BCUT2D eigenvalue weighted by atomic mass is 10.3. The molecule has 0 saturated heterocycles. The van der Waals surface area contributed by atoms with Crippen LogP contribution < -0.4 is 0 Å². The maximum Gasteiger partial charge on any atom is 0.0869 e. The fourth-order valence-corrected chi connectivity index (χ4v) is 1.33. The van der Waals surface area contributed by atoms with E-state index >= 15 is 0 Å². The fourth-order valence-electron chi connectivity index (χ4n) is 1.24. The summed E-state index contributed by atoms with van der Waals surface area (Å²) in [6.07, 6.45) is 0. The van der Waals surface area contributed by atoms with Gasteiger partial charge in [-0.25, -0.2) is 0 Å². The largest absolute Gasteiger partial charge is 0.151 e. The first-order chi connectivity index (χ1) is 8.38. The molecule has 0 amide bonds. The summed E-state index contributed by atoms with van der Waals surface area (Å²) in [6, 6.07) is 16.7. The smallest absolute Gasteiger partial charge is 0.0869 e. The molecule has 0 aliphatic rings. The summed E-state index contributed by atoms with van der Waals surface area (Å²) in [5.41, 5.74) is 2.25. The Morgan fingerprint density at radius 1 is 0.588 bits per heavy atom. The Bertz CT molecular complexity index is 520. The summed E-state index contributed by atoms with van der Waals surface area (Å²) in [6.45, 7) is 0. The van der Waals surface area contributed by atoms with E-state index in [1.165, 1.54) is 0 Å². The number of benzene rings is 2. The van der Waals surface area contributed by atoms with Gasteiger partial charge in [-0.1, -0.05) is 22.8 Å². The highest BCUT2D eigenvalue weighted by Crippen LogP contribution is 2.21. The first-order valence-electron chi connectivity index (χ1n) is 4.97. The van der Waals surface area contributed by atoms with E-state index in [0.29, 0.717) is 5.69 Å². The van der Waals surface area contributed by atoms with Crippen LogP contribution in [0.4, 0.5) is 17.1 Å². The molecule has 5 heteroatoms. The average Bonchev–Trinajstić information content (AvgIpc) is 2.40. The first-order valence-corrected chi connectivity index (χ1v) is 5.31. The predicted octanol–water partition coefficient (Wildman–Crippen LogP) is 5.34. The van der Waals surface area contributed by atoms with E-state index in [0.717, 1.165) is 11.4 Å². The van der Waals surface area contributed by atoms with Crippen molar-refractivity contribution in [1.82, 2.24) is 0 Å². The van der Waals surface area contributed by atoms with Crippen LogP contribution in [0, 0.1) is 0 Å². The second kappa shape index (κ2) is 5.86. The molecule has 0 heterocycles. The Kier molecular flexibility index (Phi) is 3.94. The van der Waals surface area contributed by atoms with Crippen molar-refractivity contribution >= 4 is 28.8 Å². The SMILES string of the molecule is Cl/N=N/c1ccc(N=Nc2ccccc2)cc1. The third-order valence-corrected chi connectivity index (χ3v) is 2.12. The van der Waals surface area contributed by atoms with Crippen molar-refractivity contribution in [3.05, 3.63) is 54.6 Å². The lowest BCUT2D eigenvalue weighted by molar-refractivity contribution is 1.23. The Hall–Kier alpha value is -2.07. The number of hydrogen-bond acceptors (Lipinski definition) is 4. The molecule has 0 aromatic heterocycles. The lowest BCUT2D eigenvalue weighted by Gasteiger charge is -1.93. The number of rotatable bonds is 3. The molecule has 0 aliphatic heterocycles. The van der Waals surface area contributed by atoms with Gasteiger partial charge in [0.05, 0.1) is 28.8 Å². The van der Waals surface area contributed by atoms with Crippen LogP contribution in [0.5, 0.6) is 0 Å². The third kappa shape index (κ3) is 3.46. The number of azo groups is 1. The molecular formula is C12H9ClN4. The molecule has 2 aromatic carbocycles. The van der Waals surface area contributed by atoms with Gasteiger partial charge < -0.3 is 0 Å². The highest BCUT2D eigenvalue weighted by Gasteiger charge is 1.91. The van der Waals surface area contributed by atoms with Crippen molar-refractivity contribution in [1.29, 1.82) is 0 Å². The number of hydrogen-bond donors (Lipinski definition) is 0. The van der Waals surface area contributed by atoms with E-state index in [2.05, 4.69) is 20.0 Å². The van der Waals surface area contributed by atoms with Gasteiger partial charge in [-0.2, -0.15) is 10.2 Å². The van der Waals surface area contributed by atoms with Crippen molar-refractivity contribution in [2.24, 2.45) is 20.0 Å². The summed E-state index contributed by atoms with van der Waals surface area (Å²) in [4.78, 5) is 0. The van der Waals surface area contributed by atoms with E-state index in [1.54, 1.807) is 24.3 Å². The van der Waals surface area contributed by atoms with Crippen LogP contribution in [-0.4, -0.2) is 0 Å². The molecule has 2 aromatic rings. The molecule has 0 unspecified atom stereocenters. The van der Waals surface area contributed by atoms with E-state index < -0.39 is 0 Å². The molecule has 2 rings (SSSR count). The maximum atomic E-state index is 5.13. The molecule has 0 N–H and O–H groups in total. The van der Waals surface area contributed by atoms with Crippen molar-refractivity contribution < 1.29 is 0 Å². The fraction of sp³-hybridized carbons (Fsp3) is 0. The average molecular weight is 245 g/mol. The van der Waals surface area contributed by atoms with Crippen LogP contribution in [0.1, 0.15) is 0 Å². The molecule has 0 spiro atoms. The van der Waals surface area contributed by atoms with E-state index in [4.69, 9.17) is 11.8 Å². The maximum absolute atomic E-state index is 5.13. The van der Waals surface area contributed by atoms with Crippen molar-refractivity contribution in [2.75, 3.05) is 0 Å². The van der Waals surface area contributed by atoms with E-state index in [1.807, 2.05) is 30.3 Å². The van der Waals surface area contributed by atoms with Crippen molar-refractivity contribution in [3.63, 3.8) is 0 Å². The van der Waals surface area contributed by atoms with Crippen molar-refractivity contribution in [2.45, 2.75) is 0 Å². The molecule has 0 aliphatic carbocycles. The lowest BCUT2D eigenvalue weighted by Crippen LogP contribution is -1.65. The topological polar surface area (TPSA) is 49.4 Å². The Balaban J connectivity index is 2.11. The zero-order valence-corrected chi connectivity index (χ0v) is 9.62. The third-order valence-electron chi connectivity index (χ3n) is 2.04. The van der Waals surface area contributed by atoms with Gasteiger partial charge in [0.15, 0.2) is 0 Å². The molecule has 0 fully saturated rings. The van der Waals surface area contributed by atoms with E-state index in [-0.39, 0.29) is 0 Å². The minimum atomic E-state index is 0.679. The summed E-state index contributed by atoms with van der Waals surface area (Å²) >= 11 is 5.13. The quantitative estimate of drug-likeness (QED) is 0.655. The standard InChI is InChI=1S/C12H9ClN4/c13-17-16-12-8-6-11(7-9-12)15-14-10-4-2-1-3-5-10/h1-9H/b15-14?,17-16+. The molecule has 17 heavy (non-hydrogen) atoms. The van der Waals surface area contributed by atoms with Gasteiger partial charge in [-0.05, 0) is 36.4 Å². The van der Waals surface area contributed by atoms with Crippen LogP contribution in [0.15, 0.2) is 74.6 Å². The highest BCUT2D eigenvalue weighted by molar-refractivity contribution is 6.14. The van der Waals surface area contributed by atoms with Gasteiger partial charge in [0, 0.05) is 0 Å². The van der Waals surface area contributed by atoms with Gasteiger partial charge in [-0.15, -0.1) is 5.11 Å². The van der Waals surface area contributed by atoms with Crippen LogP contribution in [0.2, 0.25) is 0 Å². The van der Waals surface area contributed by atoms with Crippen LogP contribution in [-0.2, 0) is 0 Å². The normalized spacial score (nSPS) is 11.4. The minimum absolute atomic E-state index is 0.679. The molecular weight excluding hydrogens is 236 g/mol. The second-order valence-corrected chi connectivity index (χ2v) is 3.38. The highest BCUT2D eigenvalue weighted by atomic mass is 35.5. The summed E-state index contributed by atoms with van der Waals surface area (Å²) in [5.74, 6) is 0. The molecule has 4 nitrogen and oxygen atoms in total. The Morgan fingerprint density at radius 2 is 1.06 bits per heavy atom. The zero-order chi connectivity index (χ0) is 11.9. The monoisotopic (exact) mass is 244 g/mol. The Morgan fingerprint density at radius 3 is 1.59 bits per heavy atom. The van der Waals surface area contributed by atoms with Gasteiger partial charge in [0.25, 0.3) is 0 Å². The number of nitrogens with zero attached hydrogens (tertiary/aromatic N) is 4.